The highest BCUT2D eigenvalue weighted by atomic mass is 31.2. The lowest BCUT2D eigenvalue weighted by atomic mass is 10.1. The lowest BCUT2D eigenvalue weighted by Gasteiger charge is -2.27. The zero-order valence-electron chi connectivity index (χ0n) is 22.7. The molecule has 248 valence electrons. The lowest BCUT2D eigenvalue weighted by Crippen LogP contribution is -2.37. The number of hydrogen-bond acceptors (Lipinski definition) is 16. The maximum Gasteiger partial charge on any atom is 0.472 e. The van der Waals surface area contributed by atoms with Crippen molar-refractivity contribution in [3.8, 4) is 0 Å². The summed E-state index contributed by atoms with van der Waals surface area (Å²) in [5, 5.41) is 0. The topological polar surface area (TPSA) is 309 Å². The number of nitrogen functional groups attached to an aromatic ring is 2. The smallest absolute Gasteiger partial charge is 0.369 e. The van der Waals surface area contributed by atoms with Crippen LogP contribution in [0, 0.1) is 0 Å². The van der Waals surface area contributed by atoms with Crippen LogP contribution in [0.25, 0.3) is 22.3 Å². The van der Waals surface area contributed by atoms with Crippen molar-refractivity contribution in [3.05, 3.63) is 33.4 Å². The van der Waals surface area contributed by atoms with Gasteiger partial charge in [-0.15, -0.1) is 0 Å². The molecule has 0 spiro atoms. The molecule has 46 heavy (non-hydrogen) atoms. The molecular formula is C20H22F2N10O12P2. The standard InChI is InChI=1S/C20H22F2N10O12P2/c21-7-11-5(41-17(7)31-3-25-9-13(31)27-19(23)29-15(9)33)1-39-45(35,36)44-12-6(2-40-46(37,38)43-11)42-18(8(12)22)32-4-26-10-14(32)28-20(24)30-16(10)34/h3-8,11-12,17-18H,1-2H2,(H,35,36)(H,37,38)(H3,23,27,29,33)(H3,24,28,30,34)/t5-,6-,7?,8?,11+,12+,17-,18-/m1/s1. The number of phosphoric ester groups is 2. The van der Waals surface area contributed by atoms with Gasteiger partial charge in [0.25, 0.3) is 11.1 Å². The predicted octanol–water partition coefficient (Wildman–Crippen LogP) is -1.09. The van der Waals surface area contributed by atoms with Crippen LogP contribution in [0.4, 0.5) is 20.7 Å². The average molecular weight is 694 g/mol. The molecule has 0 radical (unpaired) electrons. The van der Waals surface area contributed by atoms with E-state index < -0.39 is 89.2 Å². The molecule has 0 aromatic carbocycles. The van der Waals surface area contributed by atoms with Crippen LogP contribution in [0.15, 0.2) is 22.2 Å². The van der Waals surface area contributed by atoms with Crippen LogP contribution in [0.5, 0.6) is 0 Å². The average Bonchev–Trinajstić information content (AvgIpc) is 3.72. The quantitative estimate of drug-likeness (QED) is 0.136. The van der Waals surface area contributed by atoms with Gasteiger partial charge in [0.15, 0.2) is 47.1 Å². The van der Waals surface area contributed by atoms with E-state index in [0.717, 1.165) is 21.8 Å². The van der Waals surface area contributed by atoms with E-state index in [2.05, 4.69) is 29.9 Å². The number of ether oxygens (including phenoxy) is 2. The van der Waals surface area contributed by atoms with Gasteiger partial charge < -0.3 is 30.7 Å². The zero-order valence-corrected chi connectivity index (χ0v) is 24.4. The van der Waals surface area contributed by atoms with Crippen LogP contribution < -0.4 is 22.6 Å². The molecule has 10 atom stereocenters. The highest BCUT2D eigenvalue weighted by molar-refractivity contribution is 7.47. The van der Waals surface area contributed by atoms with Gasteiger partial charge in [-0.2, -0.15) is 9.97 Å². The lowest BCUT2D eigenvalue weighted by molar-refractivity contribution is -0.0662. The molecule has 7 heterocycles. The fraction of sp³-hybridized carbons (Fsp3) is 0.500. The molecule has 4 aromatic heterocycles. The normalized spacial score (nSPS) is 37.1. The van der Waals surface area contributed by atoms with Crippen molar-refractivity contribution in [2.45, 2.75) is 49.2 Å². The SMILES string of the molecule is Nc1nc2c(ncn2[C@@H]2O[C@@H]3COP(=O)(O)O[C@@H]4C(F)[C@H](n5cnc6c(=O)[nH]c(N)nc65)O[C@@H]4COP(=O)(O)O[C@@H]3C2F)c(=O)[nH]1. The first kappa shape index (κ1) is 30.9. The van der Waals surface area contributed by atoms with Crippen LogP contribution >= 0.6 is 15.6 Å². The molecule has 22 nitrogen and oxygen atoms in total. The second-order valence-corrected chi connectivity index (χ2v) is 13.1. The highest BCUT2D eigenvalue weighted by Crippen LogP contribution is 2.54. The van der Waals surface area contributed by atoms with Gasteiger partial charge in [-0.05, 0) is 0 Å². The van der Waals surface area contributed by atoms with Crippen molar-refractivity contribution >= 4 is 49.9 Å². The number of halogens is 2. The molecule has 0 aliphatic carbocycles. The Bertz CT molecular complexity index is 1910. The molecule has 3 fully saturated rings. The zero-order chi connectivity index (χ0) is 32.7. The van der Waals surface area contributed by atoms with E-state index in [4.69, 9.17) is 39.0 Å². The summed E-state index contributed by atoms with van der Waals surface area (Å²) in [6, 6.07) is 0. The summed E-state index contributed by atoms with van der Waals surface area (Å²) in [4.78, 5) is 65.3. The van der Waals surface area contributed by atoms with E-state index in [1.54, 1.807) is 0 Å². The first-order valence-corrected chi connectivity index (χ1v) is 16.1. The van der Waals surface area contributed by atoms with Crippen molar-refractivity contribution in [1.82, 2.24) is 39.0 Å². The van der Waals surface area contributed by atoms with Crippen molar-refractivity contribution in [3.63, 3.8) is 0 Å². The van der Waals surface area contributed by atoms with E-state index >= 15 is 8.78 Å². The van der Waals surface area contributed by atoms with Gasteiger partial charge >= 0.3 is 15.6 Å². The second-order valence-electron chi connectivity index (χ2n) is 10.2. The fourth-order valence-corrected chi connectivity index (χ4v) is 7.23. The number of nitrogens with two attached hydrogens (primary N) is 2. The molecule has 26 heteroatoms. The Labute approximate surface area is 251 Å². The Hall–Kier alpha value is -3.70. The third kappa shape index (κ3) is 5.31. The number of imidazole rings is 2. The molecule has 3 saturated heterocycles. The van der Waals surface area contributed by atoms with Crippen LogP contribution in [0.1, 0.15) is 12.5 Å². The molecule has 4 unspecified atom stereocenters. The summed E-state index contributed by atoms with van der Waals surface area (Å²) < 4.78 is 91.0. The number of alkyl halides is 2. The van der Waals surface area contributed by atoms with E-state index in [9.17, 15) is 28.5 Å². The number of phosphoric acid groups is 2. The van der Waals surface area contributed by atoms with Crippen molar-refractivity contribution in [2.24, 2.45) is 0 Å². The summed E-state index contributed by atoms with van der Waals surface area (Å²) in [5.74, 6) is -0.663. The Balaban J connectivity index is 1.18. The first-order valence-electron chi connectivity index (χ1n) is 13.1. The van der Waals surface area contributed by atoms with Crippen LogP contribution in [0.3, 0.4) is 0 Å². The Morgan fingerprint density at radius 2 is 1.17 bits per heavy atom. The number of nitrogens with zero attached hydrogens (tertiary/aromatic N) is 6. The summed E-state index contributed by atoms with van der Waals surface area (Å²) in [6.45, 7) is -1.98. The monoisotopic (exact) mass is 694 g/mol. The fourth-order valence-electron chi connectivity index (χ4n) is 5.32. The van der Waals surface area contributed by atoms with E-state index in [0.29, 0.717) is 0 Å². The number of rotatable bonds is 2. The molecule has 0 saturated carbocycles. The molecule has 4 aromatic rings. The van der Waals surface area contributed by atoms with Gasteiger partial charge in [-0.1, -0.05) is 0 Å². The third-order valence-electron chi connectivity index (χ3n) is 7.30. The number of H-pyrrole nitrogens is 2. The molecule has 0 bridgehead atoms. The maximum atomic E-state index is 15.9. The van der Waals surface area contributed by atoms with E-state index in [1.165, 1.54) is 0 Å². The van der Waals surface area contributed by atoms with E-state index in [-0.39, 0.29) is 34.2 Å². The van der Waals surface area contributed by atoms with Gasteiger partial charge in [0.1, 0.15) is 24.4 Å². The molecule has 7 rings (SSSR count). The summed E-state index contributed by atoms with van der Waals surface area (Å²) in [5.41, 5.74) is 8.77. The van der Waals surface area contributed by atoms with Crippen molar-refractivity contribution in [2.75, 3.05) is 24.7 Å². The van der Waals surface area contributed by atoms with Crippen LogP contribution in [-0.2, 0) is 36.7 Å². The van der Waals surface area contributed by atoms with Crippen LogP contribution in [-0.4, -0.2) is 98.8 Å². The molecular weight excluding hydrogens is 672 g/mol. The van der Waals surface area contributed by atoms with Gasteiger partial charge in [0, 0.05) is 0 Å². The van der Waals surface area contributed by atoms with Crippen molar-refractivity contribution < 1.29 is 55.3 Å². The van der Waals surface area contributed by atoms with Gasteiger partial charge in [0.05, 0.1) is 25.9 Å². The molecule has 3 aliphatic rings. The number of aromatic nitrogens is 8. The molecule has 3 aliphatic heterocycles. The minimum Gasteiger partial charge on any atom is -0.369 e. The predicted molar refractivity (Wildman–Crippen MR) is 144 cm³/mol. The number of fused-ring (bicyclic) bond motifs is 4. The Kier molecular flexibility index (Phi) is 7.36. The maximum absolute atomic E-state index is 15.9. The summed E-state index contributed by atoms with van der Waals surface area (Å²) in [7, 11) is -10.4. The van der Waals surface area contributed by atoms with Gasteiger partial charge in [-0.3, -0.25) is 46.8 Å². The first-order chi connectivity index (χ1) is 21.7. The second kappa shape index (κ2) is 10.9. The number of hydrogen-bond donors (Lipinski definition) is 6. The largest absolute Gasteiger partial charge is 0.472 e. The molecule has 0 amide bonds. The highest BCUT2D eigenvalue weighted by Gasteiger charge is 2.55. The van der Waals surface area contributed by atoms with Gasteiger partial charge in [0.2, 0.25) is 11.9 Å². The molecule has 8 N–H and O–H groups in total. The van der Waals surface area contributed by atoms with Gasteiger partial charge in [-0.25, -0.2) is 27.9 Å². The number of nitrogens with one attached hydrogen (secondary N) is 2. The van der Waals surface area contributed by atoms with Crippen LogP contribution in [0.2, 0.25) is 0 Å². The van der Waals surface area contributed by atoms with E-state index in [1.807, 2.05) is 0 Å². The third-order valence-corrected chi connectivity index (χ3v) is 9.27. The Morgan fingerprint density at radius 3 is 1.57 bits per heavy atom. The Morgan fingerprint density at radius 1 is 0.783 bits per heavy atom. The van der Waals surface area contributed by atoms with Crippen molar-refractivity contribution in [1.29, 1.82) is 0 Å². The number of aromatic amines is 2. The summed E-state index contributed by atoms with van der Waals surface area (Å²) in [6.07, 6.45) is -13.4. The number of anilines is 2. The minimum absolute atomic E-state index is 0.214. The minimum atomic E-state index is -5.22. The summed E-state index contributed by atoms with van der Waals surface area (Å²) >= 11 is 0.